The largest absolute Gasteiger partial charge is 0.443 e. The maximum Gasteiger partial charge on any atom is 0.417 e. The summed E-state index contributed by atoms with van der Waals surface area (Å²) in [5.41, 5.74) is 2.55. The quantitative estimate of drug-likeness (QED) is 0.671. The fourth-order valence-electron chi connectivity index (χ4n) is 4.09. The van der Waals surface area contributed by atoms with E-state index in [1.165, 1.54) is 0 Å². The monoisotopic (exact) mass is 472 g/mol. The first-order chi connectivity index (χ1) is 15.5. The number of carbonyl (C=O) groups excluding carboxylic acids is 2. The van der Waals surface area contributed by atoms with Crippen LogP contribution in [-0.4, -0.2) is 51.8 Å². The highest BCUT2D eigenvalue weighted by molar-refractivity contribution is 6.33. The molecule has 0 aliphatic carbocycles. The molecule has 0 bridgehead atoms. The maximum absolute atomic E-state index is 13.2. The van der Waals surface area contributed by atoms with Crippen molar-refractivity contribution in [3.05, 3.63) is 46.1 Å². The average molecular weight is 473 g/mol. The average Bonchev–Trinajstić information content (AvgIpc) is 3.10. The number of aromatic nitrogens is 1. The number of amides is 2. The van der Waals surface area contributed by atoms with Gasteiger partial charge < -0.3 is 20.1 Å². The number of hydrogen-bond donors (Lipinski definition) is 2. The number of aliphatic hydroxyl groups excluding tert-OH is 1. The van der Waals surface area contributed by atoms with Gasteiger partial charge in [-0.05, 0) is 64.3 Å². The SMILES string of the molecule is Cc1cc(Nc2ccc(N3CCC(O)CC3)cn2)c2c(c1Cl)CN(C(=O)OC(C)(C)C)C2=O. The Bertz CT molecular complexity index is 1070. The van der Waals surface area contributed by atoms with Gasteiger partial charge >= 0.3 is 6.09 Å². The minimum absolute atomic E-state index is 0.0610. The predicted octanol–water partition coefficient (Wildman–Crippen LogP) is 4.64. The van der Waals surface area contributed by atoms with Crippen LogP contribution in [0.25, 0.3) is 0 Å². The van der Waals surface area contributed by atoms with E-state index in [1.807, 2.05) is 19.1 Å². The molecule has 1 fully saturated rings. The number of anilines is 3. The van der Waals surface area contributed by atoms with Crippen LogP contribution in [0.2, 0.25) is 5.02 Å². The predicted molar refractivity (Wildman–Crippen MR) is 127 cm³/mol. The summed E-state index contributed by atoms with van der Waals surface area (Å²) in [5, 5.41) is 13.4. The van der Waals surface area contributed by atoms with Gasteiger partial charge in [-0.2, -0.15) is 0 Å². The Morgan fingerprint density at radius 1 is 1.27 bits per heavy atom. The number of piperidine rings is 1. The zero-order valence-corrected chi connectivity index (χ0v) is 20.1. The zero-order valence-electron chi connectivity index (χ0n) is 19.3. The minimum atomic E-state index is -0.717. The van der Waals surface area contributed by atoms with Gasteiger partial charge in [-0.25, -0.2) is 14.7 Å². The van der Waals surface area contributed by atoms with Gasteiger partial charge in [0.05, 0.1) is 35.8 Å². The van der Waals surface area contributed by atoms with Crippen LogP contribution in [0.4, 0.5) is 22.0 Å². The molecule has 0 spiro atoms. The van der Waals surface area contributed by atoms with Crippen LogP contribution >= 0.6 is 11.6 Å². The number of nitrogens with one attached hydrogen (secondary N) is 1. The highest BCUT2D eigenvalue weighted by Gasteiger charge is 2.38. The molecule has 2 amide bonds. The molecule has 33 heavy (non-hydrogen) atoms. The van der Waals surface area contributed by atoms with Crippen LogP contribution in [0.15, 0.2) is 24.4 Å². The number of halogens is 1. The van der Waals surface area contributed by atoms with Crippen molar-refractivity contribution in [2.75, 3.05) is 23.3 Å². The Labute approximate surface area is 198 Å². The second kappa shape index (κ2) is 8.83. The van der Waals surface area contributed by atoms with Crippen molar-refractivity contribution < 1.29 is 19.4 Å². The highest BCUT2D eigenvalue weighted by atomic mass is 35.5. The normalized spacial score (nSPS) is 16.7. The van der Waals surface area contributed by atoms with E-state index in [0.29, 0.717) is 27.7 Å². The molecule has 3 heterocycles. The summed E-state index contributed by atoms with van der Waals surface area (Å²) in [5.74, 6) is 0.121. The number of carbonyl (C=O) groups is 2. The van der Waals surface area contributed by atoms with Gasteiger partial charge in [-0.3, -0.25) is 4.79 Å². The lowest BCUT2D eigenvalue weighted by atomic mass is 10.0. The number of ether oxygens (including phenoxy) is 1. The van der Waals surface area contributed by atoms with E-state index in [2.05, 4.69) is 15.2 Å². The minimum Gasteiger partial charge on any atom is -0.443 e. The number of benzene rings is 1. The second-order valence-electron chi connectivity index (χ2n) is 9.53. The van der Waals surface area contributed by atoms with Crippen molar-refractivity contribution in [3.63, 3.8) is 0 Å². The number of rotatable bonds is 3. The molecule has 9 heteroatoms. The molecule has 2 aliphatic heterocycles. The molecule has 4 rings (SSSR count). The van der Waals surface area contributed by atoms with Gasteiger partial charge in [0.2, 0.25) is 0 Å². The number of aliphatic hydroxyl groups is 1. The van der Waals surface area contributed by atoms with Gasteiger partial charge in [0.1, 0.15) is 11.4 Å². The van der Waals surface area contributed by atoms with Crippen molar-refractivity contribution >= 4 is 40.8 Å². The Balaban J connectivity index is 1.57. The summed E-state index contributed by atoms with van der Waals surface area (Å²) in [7, 11) is 0. The molecule has 0 radical (unpaired) electrons. The van der Waals surface area contributed by atoms with E-state index in [9.17, 15) is 14.7 Å². The summed E-state index contributed by atoms with van der Waals surface area (Å²) in [6.45, 7) is 8.75. The smallest absolute Gasteiger partial charge is 0.417 e. The Hall–Kier alpha value is -2.84. The first kappa shape index (κ1) is 23.3. The standard InChI is InChI=1S/C24H29ClN4O4/c1-14-11-18(27-19-6-5-15(12-26-19)28-9-7-16(30)8-10-28)20-17(21(14)25)13-29(22(20)31)23(32)33-24(2,3)4/h5-6,11-12,16,30H,7-10,13H2,1-4H3,(H,26,27). The number of fused-ring (bicyclic) bond motifs is 1. The van der Waals surface area contributed by atoms with Crippen LogP contribution in [0, 0.1) is 6.92 Å². The number of nitrogens with zero attached hydrogens (tertiary/aromatic N) is 3. The van der Waals surface area contributed by atoms with Gasteiger partial charge in [0.15, 0.2) is 0 Å². The molecule has 2 aromatic rings. The van der Waals surface area contributed by atoms with Crippen molar-refractivity contribution in [1.29, 1.82) is 0 Å². The van der Waals surface area contributed by atoms with Crippen molar-refractivity contribution in [2.24, 2.45) is 0 Å². The van der Waals surface area contributed by atoms with Crippen LogP contribution < -0.4 is 10.2 Å². The molecule has 2 N–H and O–H groups in total. The van der Waals surface area contributed by atoms with Gasteiger partial charge in [-0.1, -0.05) is 11.6 Å². The molecule has 8 nitrogen and oxygen atoms in total. The van der Waals surface area contributed by atoms with Gasteiger partial charge in [0.25, 0.3) is 5.91 Å². The van der Waals surface area contributed by atoms with E-state index in [-0.39, 0.29) is 12.6 Å². The summed E-state index contributed by atoms with van der Waals surface area (Å²) in [4.78, 5) is 33.5. The summed E-state index contributed by atoms with van der Waals surface area (Å²) >= 11 is 6.50. The summed E-state index contributed by atoms with van der Waals surface area (Å²) in [6.07, 6.45) is 2.33. The van der Waals surface area contributed by atoms with Crippen LogP contribution in [0.5, 0.6) is 0 Å². The number of imide groups is 1. The number of hydrogen-bond acceptors (Lipinski definition) is 7. The van der Waals surface area contributed by atoms with Crippen molar-refractivity contribution in [2.45, 2.75) is 58.8 Å². The Kier molecular flexibility index (Phi) is 6.24. The van der Waals surface area contributed by atoms with Crippen LogP contribution in [0.1, 0.15) is 55.1 Å². The Morgan fingerprint density at radius 3 is 2.58 bits per heavy atom. The lowest BCUT2D eigenvalue weighted by molar-refractivity contribution is 0.0248. The molecule has 0 atom stereocenters. The fourth-order valence-corrected chi connectivity index (χ4v) is 4.30. The van der Waals surface area contributed by atoms with Crippen LogP contribution in [0.3, 0.4) is 0 Å². The van der Waals surface area contributed by atoms with E-state index in [1.54, 1.807) is 33.0 Å². The molecule has 1 aromatic carbocycles. The number of aryl methyl sites for hydroxylation is 1. The number of pyridine rings is 1. The third-order valence-corrected chi connectivity index (χ3v) is 6.30. The van der Waals surface area contributed by atoms with E-state index in [4.69, 9.17) is 16.3 Å². The highest BCUT2D eigenvalue weighted by Crippen LogP contribution is 2.38. The molecular formula is C24H29ClN4O4. The zero-order chi connectivity index (χ0) is 23.9. The molecule has 1 aromatic heterocycles. The first-order valence-corrected chi connectivity index (χ1v) is 11.4. The maximum atomic E-state index is 13.2. The Morgan fingerprint density at radius 2 is 1.97 bits per heavy atom. The molecule has 0 unspecified atom stereocenters. The molecule has 2 aliphatic rings. The lowest BCUT2D eigenvalue weighted by Gasteiger charge is -2.31. The topological polar surface area (TPSA) is 95.0 Å². The molecule has 0 saturated carbocycles. The third-order valence-electron chi connectivity index (χ3n) is 5.77. The van der Waals surface area contributed by atoms with Crippen molar-refractivity contribution in [3.8, 4) is 0 Å². The first-order valence-electron chi connectivity index (χ1n) is 11.1. The molecule has 1 saturated heterocycles. The van der Waals surface area contributed by atoms with Gasteiger partial charge in [-0.15, -0.1) is 0 Å². The lowest BCUT2D eigenvalue weighted by Crippen LogP contribution is -2.37. The van der Waals surface area contributed by atoms with E-state index < -0.39 is 17.6 Å². The molecule has 176 valence electrons. The van der Waals surface area contributed by atoms with Crippen molar-refractivity contribution in [1.82, 2.24) is 9.88 Å². The van der Waals surface area contributed by atoms with E-state index >= 15 is 0 Å². The van der Waals surface area contributed by atoms with Crippen LogP contribution in [-0.2, 0) is 11.3 Å². The fraction of sp³-hybridized carbons (Fsp3) is 0.458. The molecular weight excluding hydrogens is 444 g/mol. The van der Waals surface area contributed by atoms with E-state index in [0.717, 1.165) is 42.1 Å². The summed E-state index contributed by atoms with van der Waals surface area (Å²) in [6, 6.07) is 5.60. The summed E-state index contributed by atoms with van der Waals surface area (Å²) < 4.78 is 5.40. The third kappa shape index (κ3) is 4.91. The van der Waals surface area contributed by atoms with Gasteiger partial charge in [0, 0.05) is 23.7 Å². The second-order valence-corrected chi connectivity index (χ2v) is 9.90.